The molecule has 0 spiro atoms. The number of nitrogens with zero attached hydrogens (tertiary/aromatic N) is 1. The Bertz CT molecular complexity index is 519. The molecule has 1 unspecified atom stereocenters. The van der Waals surface area contributed by atoms with E-state index in [1.54, 1.807) is 4.90 Å². The first-order valence-electron chi connectivity index (χ1n) is 5.35. The van der Waals surface area contributed by atoms with Crippen molar-refractivity contribution in [3.05, 3.63) is 22.2 Å². The van der Waals surface area contributed by atoms with Gasteiger partial charge in [0.1, 0.15) is 0 Å². The van der Waals surface area contributed by atoms with E-state index in [-0.39, 0.29) is 11.8 Å². The van der Waals surface area contributed by atoms with Crippen LogP contribution in [0.4, 0.5) is 11.4 Å². The first-order valence-corrected chi connectivity index (χ1v) is 6.14. The third kappa shape index (κ3) is 2.16. The molecule has 1 amide bonds. The standard InChI is InChI=1S/C13H13BrN2O/c1-3-9-5-12(17)16(7-9)11-6-10(14)4-8(2)13(11)15/h1,4,6,9H,5,7,15H2,2H3. The molecule has 1 heterocycles. The molecule has 1 atom stereocenters. The molecule has 1 aromatic rings. The monoisotopic (exact) mass is 292 g/mol. The lowest BCUT2D eigenvalue weighted by atomic mass is 10.1. The van der Waals surface area contributed by atoms with Gasteiger partial charge in [-0.15, -0.1) is 12.3 Å². The van der Waals surface area contributed by atoms with Gasteiger partial charge in [0.15, 0.2) is 0 Å². The summed E-state index contributed by atoms with van der Waals surface area (Å²) in [5.74, 6) is 2.65. The maximum absolute atomic E-state index is 11.9. The summed E-state index contributed by atoms with van der Waals surface area (Å²) in [5.41, 5.74) is 8.35. The maximum Gasteiger partial charge on any atom is 0.228 e. The molecule has 2 rings (SSSR count). The van der Waals surface area contributed by atoms with E-state index in [0.717, 1.165) is 15.7 Å². The van der Waals surface area contributed by atoms with E-state index >= 15 is 0 Å². The zero-order valence-corrected chi connectivity index (χ0v) is 11.1. The van der Waals surface area contributed by atoms with E-state index in [2.05, 4.69) is 21.9 Å². The maximum atomic E-state index is 11.9. The highest BCUT2D eigenvalue weighted by atomic mass is 79.9. The Kier molecular flexibility index (Phi) is 3.12. The lowest BCUT2D eigenvalue weighted by Gasteiger charge is -2.19. The number of carbonyl (C=O) groups excluding carboxylic acids is 1. The number of nitrogen functional groups attached to an aromatic ring is 1. The van der Waals surface area contributed by atoms with Gasteiger partial charge in [-0.3, -0.25) is 4.79 Å². The Morgan fingerprint density at radius 2 is 2.29 bits per heavy atom. The molecule has 0 bridgehead atoms. The lowest BCUT2D eigenvalue weighted by molar-refractivity contribution is -0.117. The first kappa shape index (κ1) is 12.0. The van der Waals surface area contributed by atoms with E-state index < -0.39 is 0 Å². The number of amides is 1. The minimum absolute atomic E-state index is 0.0128. The SMILES string of the molecule is C#CC1CC(=O)N(c2cc(Br)cc(C)c2N)C1. The van der Waals surface area contributed by atoms with Crippen molar-refractivity contribution in [2.24, 2.45) is 5.92 Å². The topological polar surface area (TPSA) is 46.3 Å². The first-order chi connectivity index (χ1) is 8.02. The summed E-state index contributed by atoms with van der Waals surface area (Å²) in [6, 6.07) is 3.79. The molecule has 88 valence electrons. The number of halogens is 1. The number of carbonyl (C=O) groups is 1. The summed E-state index contributed by atoms with van der Waals surface area (Å²) < 4.78 is 0.913. The van der Waals surface area contributed by atoms with Crippen molar-refractivity contribution in [3.63, 3.8) is 0 Å². The van der Waals surface area contributed by atoms with Gasteiger partial charge in [-0.05, 0) is 24.6 Å². The van der Waals surface area contributed by atoms with Gasteiger partial charge in [-0.25, -0.2) is 0 Å². The Labute approximate surface area is 109 Å². The van der Waals surface area contributed by atoms with Gasteiger partial charge in [-0.2, -0.15) is 0 Å². The summed E-state index contributed by atoms with van der Waals surface area (Å²) in [4.78, 5) is 13.6. The summed E-state index contributed by atoms with van der Waals surface area (Å²) in [6.07, 6.45) is 5.77. The van der Waals surface area contributed by atoms with Crippen LogP contribution in [0.1, 0.15) is 12.0 Å². The van der Waals surface area contributed by atoms with Crippen molar-refractivity contribution in [1.82, 2.24) is 0 Å². The number of hydrogen-bond donors (Lipinski definition) is 1. The number of aryl methyl sites for hydroxylation is 1. The van der Waals surface area contributed by atoms with E-state index in [0.29, 0.717) is 18.7 Å². The number of terminal acetylenes is 1. The lowest BCUT2D eigenvalue weighted by Crippen LogP contribution is -2.25. The van der Waals surface area contributed by atoms with Gasteiger partial charge >= 0.3 is 0 Å². The molecule has 4 heteroatoms. The molecule has 1 fully saturated rings. The number of rotatable bonds is 1. The molecule has 1 aliphatic rings. The Morgan fingerprint density at radius 1 is 1.59 bits per heavy atom. The number of hydrogen-bond acceptors (Lipinski definition) is 2. The molecule has 2 N–H and O–H groups in total. The van der Waals surface area contributed by atoms with Crippen LogP contribution in [-0.2, 0) is 4.79 Å². The smallest absolute Gasteiger partial charge is 0.228 e. The predicted octanol–water partition coefficient (Wildman–Crippen LogP) is 2.33. The van der Waals surface area contributed by atoms with Gasteiger partial charge in [0.25, 0.3) is 0 Å². The molecule has 3 nitrogen and oxygen atoms in total. The van der Waals surface area contributed by atoms with Crippen molar-refractivity contribution in [2.75, 3.05) is 17.2 Å². The van der Waals surface area contributed by atoms with Crippen LogP contribution in [0.3, 0.4) is 0 Å². The number of anilines is 2. The average Bonchev–Trinajstić information content (AvgIpc) is 2.65. The molecule has 1 aliphatic heterocycles. The molecule has 17 heavy (non-hydrogen) atoms. The molecule has 0 radical (unpaired) electrons. The van der Waals surface area contributed by atoms with Crippen LogP contribution in [0.2, 0.25) is 0 Å². The normalized spacial score (nSPS) is 19.5. The summed E-state index contributed by atoms with van der Waals surface area (Å²) in [6.45, 7) is 2.47. The second kappa shape index (κ2) is 4.42. The quantitative estimate of drug-likeness (QED) is 0.638. The zero-order chi connectivity index (χ0) is 12.6. The fourth-order valence-electron chi connectivity index (χ4n) is 2.01. The minimum atomic E-state index is -0.0128. The van der Waals surface area contributed by atoms with Crippen LogP contribution in [0.25, 0.3) is 0 Å². The van der Waals surface area contributed by atoms with Crippen LogP contribution in [0.5, 0.6) is 0 Å². The van der Waals surface area contributed by atoms with Crippen molar-refractivity contribution in [1.29, 1.82) is 0 Å². The van der Waals surface area contributed by atoms with Crippen LogP contribution < -0.4 is 10.6 Å². The Morgan fingerprint density at radius 3 is 2.88 bits per heavy atom. The van der Waals surface area contributed by atoms with Crippen molar-refractivity contribution >= 4 is 33.2 Å². The van der Waals surface area contributed by atoms with Crippen LogP contribution >= 0.6 is 15.9 Å². The predicted molar refractivity (Wildman–Crippen MR) is 72.6 cm³/mol. The van der Waals surface area contributed by atoms with Gasteiger partial charge < -0.3 is 10.6 Å². The zero-order valence-electron chi connectivity index (χ0n) is 9.53. The highest BCUT2D eigenvalue weighted by Crippen LogP contribution is 2.34. The Hall–Kier alpha value is -1.47. The summed E-state index contributed by atoms with van der Waals surface area (Å²) in [7, 11) is 0. The van der Waals surface area contributed by atoms with Gasteiger partial charge in [0.2, 0.25) is 5.91 Å². The number of benzene rings is 1. The largest absolute Gasteiger partial charge is 0.397 e. The van der Waals surface area contributed by atoms with E-state index in [9.17, 15) is 4.79 Å². The Balaban J connectivity index is 2.42. The van der Waals surface area contributed by atoms with Crippen LogP contribution in [0.15, 0.2) is 16.6 Å². The average molecular weight is 293 g/mol. The minimum Gasteiger partial charge on any atom is -0.397 e. The molecule has 1 saturated heterocycles. The second-order valence-corrected chi connectivity index (χ2v) is 5.14. The molecule has 0 aliphatic carbocycles. The third-order valence-corrected chi connectivity index (χ3v) is 3.44. The fourth-order valence-corrected chi connectivity index (χ4v) is 2.57. The van der Waals surface area contributed by atoms with E-state index in [1.807, 2.05) is 19.1 Å². The second-order valence-electron chi connectivity index (χ2n) is 4.23. The molecule has 0 saturated carbocycles. The number of nitrogens with two attached hydrogens (primary N) is 1. The molecular weight excluding hydrogens is 280 g/mol. The van der Waals surface area contributed by atoms with Crippen LogP contribution in [-0.4, -0.2) is 12.5 Å². The summed E-state index contributed by atoms with van der Waals surface area (Å²) in [5, 5.41) is 0. The van der Waals surface area contributed by atoms with Crippen molar-refractivity contribution in [3.8, 4) is 12.3 Å². The van der Waals surface area contributed by atoms with Crippen molar-refractivity contribution < 1.29 is 4.79 Å². The molecule has 1 aromatic carbocycles. The van der Waals surface area contributed by atoms with E-state index in [1.165, 1.54) is 0 Å². The van der Waals surface area contributed by atoms with Gasteiger partial charge in [-0.1, -0.05) is 15.9 Å². The van der Waals surface area contributed by atoms with Gasteiger partial charge in [0, 0.05) is 23.4 Å². The van der Waals surface area contributed by atoms with Gasteiger partial charge in [0.05, 0.1) is 11.4 Å². The van der Waals surface area contributed by atoms with E-state index in [4.69, 9.17) is 12.2 Å². The van der Waals surface area contributed by atoms with Crippen LogP contribution in [0, 0.1) is 25.2 Å². The highest BCUT2D eigenvalue weighted by Gasteiger charge is 2.30. The fraction of sp³-hybridized carbons (Fsp3) is 0.308. The van der Waals surface area contributed by atoms with Crippen molar-refractivity contribution in [2.45, 2.75) is 13.3 Å². The molecule has 0 aromatic heterocycles. The molecular formula is C13H13BrN2O. The summed E-state index contributed by atoms with van der Waals surface area (Å²) >= 11 is 3.41. The third-order valence-electron chi connectivity index (χ3n) is 2.98. The highest BCUT2D eigenvalue weighted by molar-refractivity contribution is 9.10.